The fourth-order valence-electron chi connectivity index (χ4n) is 2.17. The fourth-order valence-corrected chi connectivity index (χ4v) is 2.17. The molecule has 1 radical (unpaired) electrons. The topological polar surface area (TPSA) is 51.6 Å². The van der Waals surface area contributed by atoms with Crippen molar-refractivity contribution in [3.05, 3.63) is 41.4 Å². The molecule has 1 aromatic carbocycles. The van der Waals surface area contributed by atoms with Crippen molar-refractivity contribution in [2.75, 3.05) is 13.7 Å². The van der Waals surface area contributed by atoms with Crippen LogP contribution in [0.4, 0.5) is 8.78 Å². The number of halogens is 2. The van der Waals surface area contributed by atoms with Gasteiger partial charge in [0.15, 0.2) is 17.9 Å². The smallest absolute Gasteiger partial charge is 0.221 e. The molecule has 1 atom stereocenters. The third-order valence-corrected chi connectivity index (χ3v) is 3.05. The predicted octanol–water partition coefficient (Wildman–Crippen LogP) is 2.10. The Balaban J connectivity index is 2.40. The lowest BCUT2D eigenvalue weighted by molar-refractivity contribution is -0.104. The first-order valence-corrected chi connectivity index (χ1v) is 5.61. The Morgan fingerprint density at radius 2 is 2.00 bits per heavy atom. The first-order chi connectivity index (χ1) is 9.11. The Hall–Kier alpha value is -1.79. The van der Waals surface area contributed by atoms with Crippen LogP contribution in [-0.2, 0) is 4.74 Å². The predicted molar refractivity (Wildman–Crippen MR) is 62.5 cm³/mol. The highest BCUT2D eigenvalue weighted by Crippen LogP contribution is 2.36. The summed E-state index contributed by atoms with van der Waals surface area (Å²) in [4.78, 5) is 4.09. The van der Waals surface area contributed by atoms with E-state index in [1.54, 1.807) is 6.42 Å². The molecular formula is C13H10F2NO3. The molecular weight excluding hydrogens is 256 g/mol. The average molecular weight is 266 g/mol. The summed E-state index contributed by atoms with van der Waals surface area (Å²) in [5.41, 5.74) is 0.773. The number of benzene rings is 1. The van der Waals surface area contributed by atoms with Crippen molar-refractivity contribution in [2.24, 2.45) is 0 Å². The summed E-state index contributed by atoms with van der Waals surface area (Å²) < 4.78 is 36.8. The van der Waals surface area contributed by atoms with Crippen LogP contribution in [0, 0.1) is 18.1 Å². The average Bonchev–Trinajstić information content (AvgIpc) is 2.40. The van der Waals surface area contributed by atoms with Gasteiger partial charge in [-0.3, -0.25) is 0 Å². The number of aliphatic hydroxyl groups is 1. The molecule has 0 saturated carbocycles. The second kappa shape index (κ2) is 4.40. The quantitative estimate of drug-likeness (QED) is 0.858. The molecule has 2 aromatic rings. The van der Waals surface area contributed by atoms with Gasteiger partial charge in [0, 0.05) is 11.8 Å². The molecule has 1 unspecified atom stereocenters. The molecule has 99 valence electrons. The highest BCUT2D eigenvalue weighted by molar-refractivity contribution is 5.91. The largest absolute Gasteiger partial charge is 0.481 e. The fraction of sp³-hybridized carbons (Fsp3) is 0.231. The van der Waals surface area contributed by atoms with E-state index in [4.69, 9.17) is 9.47 Å². The third-order valence-electron chi connectivity index (χ3n) is 3.05. The number of fused-ring (bicyclic) bond motifs is 3. The molecule has 1 aromatic heterocycles. The van der Waals surface area contributed by atoms with Gasteiger partial charge in [0.2, 0.25) is 5.88 Å². The minimum atomic E-state index is -1.20. The van der Waals surface area contributed by atoms with Crippen molar-refractivity contribution >= 4 is 10.8 Å². The molecule has 6 heteroatoms. The van der Waals surface area contributed by atoms with Crippen molar-refractivity contribution in [3.63, 3.8) is 0 Å². The van der Waals surface area contributed by atoms with Gasteiger partial charge in [-0.1, -0.05) is 0 Å². The number of aliphatic hydroxyl groups excluding tert-OH is 1. The summed E-state index contributed by atoms with van der Waals surface area (Å²) in [6.45, 7) is 0.177. The van der Waals surface area contributed by atoms with Crippen molar-refractivity contribution in [3.8, 4) is 5.88 Å². The summed E-state index contributed by atoms with van der Waals surface area (Å²) in [5.74, 6) is -1.82. The van der Waals surface area contributed by atoms with Crippen molar-refractivity contribution < 1.29 is 23.4 Å². The van der Waals surface area contributed by atoms with Gasteiger partial charge in [-0.15, -0.1) is 0 Å². The maximum Gasteiger partial charge on any atom is 0.221 e. The lowest BCUT2D eigenvalue weighted by atomic mass is 9.99. The van der Waals surface area contributed by atoms with Crippen LogP contribution < -0.4 is 4.74 Å². The van der Waals surface area contributed by atoms with Crippen LogP contribution in [0.5, 0.6) is 5.88 Å². The Bertz CT molecular complexity index is 660. The number of methoxy groups -OCH3 is 1. The first-order valence-electron chi connectivity index (χ1n) is 5.61. The zero-order valence-corrected chi connectivity index (χ0v) is 9.98. The van der Waals surface area contributed by atoms with Crippen LogP contribution in [0.25, 0.3) is 10.8 Å². The summed E-state index contributed by atoms with van der Waals surface area (Å²) >= 11 is 0. The zero-order valence-electron chi connectivity index (χ0n) is 9.98. The molecule has 4 nitrogen and oxygen atoms in total. The molecule has 19 heavy (non-hydrogen) atoms. The molecule has 2 heterocycles. The molecule has 0 amide bonds. The standard InChI is InChI=1S/C13H10F2NO3/c1-18-12-8-5-10(15)9(14)4-7(8)6-2-3-19-13(17)11(6)16-12/h2,4-5,13,17H,3H2,1H3. The second-order valence-corrected chi connectivity index (χ2v) is 4.12. The number of rotatable bonds is 1. The molecule has 0 spiro atoms. The van der Waals surface area contributed by atoms with E-state index in [0.29, 0.717) is 16.3 Å². The summed E-state index contributed by atoms with van der Waals surface area (Å²) in [7, 11) is 1.37. The van der Waals surface area contributed by atoms with Gasteiger partial charge in [-0.05, 0) is 23.1 Å². The van der Waals surface area contributed by atoms with Crippen molar-refractivity contribution in [1.82, 2.24) is 4.98 Å². The van der Waals surface area contributed by atoms with Crippen LogP contribution in [-0.4, -0.2) is 23.8 Å². The number of ether oxygens (including phenoxy) is 2. The SMILES string of the molecule is COc1nc2c(c3cc(F)c(F)cc13)[CH]COC2O. The van der Waals surface area contributed by atoms with Gasteiger partial charge in [0.1, 0.15) is 5.69 Å². The van der Waals surface area contributed by atoms with E-state index in [1.165, 1.54) is 7.11 Å². The van der Waals surface area contributed by atoms with E-state index < -0.39 is 17.9 Å². The third kappa shape index (κ3) is 1.84. The van der Waals surface area contributed by atoms with E-state index in [9.17, 15) is 13.9 Å². The molecule has 0 fully saturated rings. The summed E-state index contributed by atoms with van der Waals surface area (Å²) in [6, 6.07) is 2.11. The lowest BCUT2D eigenvalue weighted by Crippen LogP contribution is -2.17. The summed E-state index contributed by atoms with van der Waals surface area (Å²) in [5, 5.41) is 10.5. The van der Waals surface area contributed by atoms with Crippen LogP contribution >= 0.6 is 0 Å². The molecule has 1 aliphatic heterocycles. The molecule has 0 aliphatic carbocycles. The lowest BCUT2D eigenvalue weighted by Gasteiger charge is -2.23. The number of pyridine rings is 1. The van der Waals surface area contributed by atoms with Gasteiger partial charge in [-0.25, -0.2) is 13.8 Å². The maximum absolute atomic E-state index is 13.4. The van der Waals surface area contributed by atoms with Crippen LogP contribution in [0.1, 0.15) is 17.5 Å². The van der Waals surface area contributed by atoms with Crippen molar-refractivity contribution in [2.45, 2.75) is 6.29 Å². The van der Waals surface area contributed by atoms with Crippen LogP contribution in [0.15, 0.2) is 12.1 Å². The van der Waals surface area contributed by atoms with Gasteiger partial charge >= 0.3 is 0 Å². The molecule has 0 saturated heterocycles. The molecule has 3 rings (SSSR count). The Labute approximate surface area is 107 Å². The number of nitrogens with zero attached hydrogens (tertiary/aromatic N) is 1. The zero-order chi connectivity index (χ0) is 13.6. The number of hydrogen-bond donors (Lipinski definition) is 1. The second-order valence-electron chi connectivity index (χ2n) is 4.12. The van der Waals surface area contributed by atoms with Gasteiger partial charge in [0.05, 0.1) is 13.7 Å². The van der Waals surface area contributed by atoms with Gasteiger partial charge in [0.25, 0.3) is 0 Å². The maximum atomic E-state index is 13.4. The molecule has 1 aliphatic rings. The minimum Gasteiger partial charge on any atom is -0.481 e. The molecule has 1 N–H and O–H groups in total. The Kier molecular flexibility index (Phi) is 2.83. The number of aromatic nitrogens is 1. The highest BCUT2D eigenvalue weighted by Gasteiger charge is 2.25. The monoisotopic (exact) mass is 266 g/mol. The minimum absolute atomic E-state index is 0.116. The van der Waals surface area contributed by atoms with E-state index in [1.807, 2.05) is 0 Å². The van der Waals surface area contributed by atoms with E-state index >= 15 is 0 Å². The van der Waals surface area contributed by atoms with Crippen LogP contribution in [0.3, 0.4) is 0 Å². The Morgan fingerprint density at radius 3 is 2.68 bits per heavy atom. The first kappa shape index (κ1) is 12.3. The van der Waals surface area contributed by atoms with Crippen LogP contribution in [0.2, 0.25) is 0 Å². The van der Waals surface area contributed by atoms with Gasteiger partial charge < -0.3 is 14.6 Å². The van der Waals surface area contributed by atoms with E-state index in [-0.39, 0.29) is 18.2 Å². The van der Waals surface area contributed by atoms with Gasteiger partial charge in [-0.2, -0.15) is 0 Å². The summed E-state index contributed by atoms with van der Waals surface area (Å²) in [6.07, 6.45) is 0.458. The molecule has 0 bridgehead atoms. The number of hydrogen-bond acceptors (Lipinski definition) is 4. The van der Waals surface area contributed by atoms with E-state index in [0.717, 1.165) is 12.1 Å². The highest BCUT2D eigenvalue weighted by atomic mass is 19.2. The Morgan fingerprint density at radius 1 is 1.32 bits per heavy atom. The van der Waals surface area contributed by atoms with Crippen molar-refractivity contribution in [1.29, 1.82) is 0 Å². The van der Waals surface area contributed by atoms with E-state index in [2.05, 4.69) is 4.98 Å². The normalized spacial score (nSPS) is 18.4.